The van der Waals surface area contributed by atoms with Gasteiger partial charge in [0, 0.05) is 11.9 Å². The SMILES string of the molecule is CCCC/C=C/CCCCCCCCCCCOC(=O)C1CCCCC1C(=O)[O-].[Na+]. The number of allylic oxidation sites excluding steroid dienone is 2. The molecule has 0 aromatic rings. The number of hydrogen-bond donors (Lipinski definition) is 0. The number of carbonyl (C=O) groups is 2. The van der Waals surface area contributed by atoms with E-state index in [2.05, 4.69) is 19.1 Å². The van der Waals surface area contributed by atoms with Crippen LogP contribution in [-0.2, 0) is 14.3 Å². The Morgan fingerprint density at radius 1 is 0.800 bits per heavy atom. The Bertz CT molecular complexity index is 464. The first-order chi connectivity index (χ1) is 14.2. The van der Waals surface area contributed by atoms with Gasteiger partial charge in [-0.3, -0.25) is 4.79 Å². The van der Waals surface area contributed by atoms with E-state index in [9.17, 15) is 14.7 Å². The van der Waals surface area contributed by atoms with Crippen LogP contribution in [0.5, 0.6) is 0 Å². The smallest absolute Gasteiger partial charge is 0.550 e. The Hall–Kier alpha value is -0.320. The zero-order valence-corrected chi connectivity index (χ0v) is 21.7. The summed E-state index contributed by atoms with van der Waals surface area (Å²) in [4.78, 5) is 23.3. The number of unbranched alkanes of at least 4 members (excludes halogenated alkanes) is 11. The largest absolute Gasteiger partial charge is 1.00 e. The summed E-state index contributed by atoms with van der Waals surface area (Å²) in [6, 6.07) is 0. The Balaban J connectivity index is 0.00000841. The molecule has 0 aliphatic heterocycles. The number of carboxylic acid groups (broad SMARTS) is 1. The molecule has 30 heavy (non-hydrogen) atoms. The van der Waals surface area contributed by atoms with Crippen molar-refractivity contribution in [3.8, 4) is 0 Å². The zero-order valence-electron chi connectivity index (χ0n) is 19.7. The average Bonchev–Trinajstić information content (AvgIpc) is 2.73. The number of hydrogen-bond acceptors (Lipinski definition) is 4. The van der Waals surface area contributed by atoms with E-state index in [-0.39, 0.29) is 35.5 Å². The second-order valence-corrected chi connectivity index (χ2v) is 8.57. The number of rotatable bonds is 17. The number of ether oxygens (including phenoxy) is 1. The Kier molecular flexibility index (Phi) is 20.4. The monoisotopic (exact) mass is 430 g/mol. The van der Waals surface area contributed by atoms with Crippen molar-refractivity contribution in [1.29, 1.82) is 0 Å². The van der Waals surface area contributed by atoms with Gasteiger partial charge >= 0.3 is 35.5 Å². The molecule has 1 rings (SSSR count). The molecular weight excluding hydrogens is 387 g/mol. The molecule has 2 atom stereocenters. The van der Waals surface area contributed by atoms with Gasteiger partial charge in [-0.1, -0.05) is 89.7 Å². The van der Waals surface area contributed by atoms with Gasteiger partial charge in [-0.25, -0.2) is 0 Å². The summed E-state index contributed by atoms with van der Waals surface area (Å²) in [5.74, 6) is -2.59. The van der Waals surface area contributed by atoms with Gasteiger partial charge in [0.1, 0.15) is 0 Å². The first kappa shape index (κ1) is 29.7. The Morgan fingerprint density at radius 2 is 1.30 bits per heavy atom. The molecule has 1 saturated carbocycles. The average molecular weight is 431 g/mol. The second kappa shape index (κ2) is 20.6. The van der Waals surface area contributed by atoms with Crippen LogP contribution in [0.4, 0.5) is 0 Å². The van der Waals surface area contributed by atoms with Crippen LogP contribution >= 0.6 is 0 Å². The van der Waals surface area contributed by atoms with Crippen LogP contribution in [0.3, 0.4) is 0 Å². The topological polar surface area (TPSA) is 66.4 Å². The Labute approximate surface area is 206 Å². The molecule has 0 heterocycles. The van der Waals surface area contributed by atoms with Gasteiger partial charge in [-0.2, -0.15) is 0 Å². The summed E-state index contributed by atoms with van der Waals surface area (Å²) in [6.07, 6.45) is 23.6. The van der Waals surface area contributed by atoms with Crippen molar-refractivity contribution in [3.05, 3.63) is 12.2 Å². The first-order valence-electron chi connectivity index (χ1n) is 12.2. The van der Waals surface area contributed by atoms with Crippen molar-refractivity contribution in [2.75, 3.05) is 6.61 Å². The van der Waals surface area contributed by atoms with Gasteiger partial charge in [-0.15, -0.1) is 0 Å². The van der Waals surface area contributed by atoms with Crippen molar-refractivity contribution in [3.63, 3.8) is 0 Å². The molecule has 2 unspecified atom stereocenters. The van der Waals surface area contributed by atoms with Gasteiger partial charge in [0.15, 0.2) is 0 Å². The summed E-state index contributed by atoms with van der Waals surface area (Å²) in [7, 11) is 0. The van der Waals surface area contributed by atoms with E-state index in [1.807, 2.05) is 0 Å². The molecule has 0 aromatic carbocycles. The third kappa shape index (κ3) is 14.6. The summed E-state index contributed by atoms with van der Waals surface area (Å²) in [6.45, 7) is 2.65. The molecule has 0 spiro atoms. The van der Waals surface area contributed by atoms with E-state index in [1.165, 1.54) is 70.6 Å². The van der Waals surface area contributed by atoms with E-state index in [4.69, 9.17) is 4.74 Å². The molecule has 1 fully saturated rings. The normalized spacial score (nSPS) is 18.8. The Morgan fingerprint density at radius 3 is 1.87 bits per heavy atom. The van der Waals surface area contributed by atoms with Crippen LogP contribution in [0.2, 0.25) is 0 Å². The van der Waals surface area contributed by atoms with Crippen LogP contribution in [0.1, 0.15) is 116 Å². The van der Waals surface area contributed by atoms with Gasteiger partial charge in [0.25, 0.3) is 0 Å². The minimum absolute atomic E-state index is 0. The van der Waals surface area contributed by atoms with Gasteiger partial charge in [0.2, 0.25) is 0 Å². The van der Waals surface area contributed by atoms with Crippen LogP contribution in [0, 0.1) is 11.8 Å². The number of carbonyl (C=O) groups excluding carboxylic acids is 2. The molecule has 4 nitrogen and oxygen atoms in total. The summed E-state index contributed by atoms with van der Waals surface area (Å²) in [5.41, 5.74) is 0. The number of carboxylic acids is 1. The molecule has 0 aromatic heterocycles. The maximum Gasteiger partial charge on any atom is 1.00 e. The van der Waals surface area contributed by atoms with Crippen LogP contribution < -0.4 is 34.7 Å². The molecule has 5 heteroatoms. The molecule has 1 aliphatic carbocycles. The maximum atomic E-state index is 12.1. The first-order valence-corrected chi connectivity index (χ1v) is 12.2. The minimum Gasteiger partial charge on any atom is -0.550 e. The molecule has 0 N–H and O–H groups in total. The molecular formula is C25H43NaO4. The molecule has 168 valence electrons. The van der Waals surface area contributed by atoms with Crippen molar-refractivity contribution in [2.24, 2.45) is 11.8 Å². The summed E-state index contributed by atoms with van der Waals surface area (Å²) < 4.78 is 5.34. The van der Waals surface area contributed by atoms with Gasteiger partial charge in [-0.05, 0) is 38.5 Å². The second-order valence-electron chi connectivity index (χ2n) is 8.57. The summed E-state index contributed by atoms with van der Waals surface area (Å²) in [5, 5.41) is 11.2. The van der Waals surface area contributed by atoms with Crippen molar-refractivity contribution < 1.29 is 49.0 Å². The van der Waals surface area contributed by atoms with Crippen molar-refractivity contribution in [2.45, 2.75) is 116 Å². The van der Waals surface area contributed by atoms with E-state index < -0.39 is 17.8 Å². The van der Waals surface area contributed by atoms with Gasteiger partial charge in [0.05, 0.1) is 12.5 Å². The quantitative estimate of drug-likeness (QED) is 0.154. The van der Waals surface area contributed by atoms with E-state index >= 15 is 0 Å². The third-order valence-electron chi connectivity index (χ3n) is 6.02. The minimum atomic E-state index is -1.10. The molecule has 0 saturated heterocycles. The van der Waals surface area contributed by atoms with Crippen LogP contribution in [0.25, 0.3) is 0 Å². The fourth-order valence-corrected chi connectivity index (χ4v) is 4.13. The molecule has 0 radical (unpaired) electrons. The fraction of sp³-hybridized carbons (Fsp3) is 0.840. The van der Waals surface area contributed by atoms with E-state index in [0.29, 0.717) is 19.4 Å². The van der Waals surface area contributed by atoms with Crippen molar-refractivity contribution >= 4 is 11.9 Å². The predicted octanol–water partition coefficient (Wildman–Crippen LogP) is 2.74. The standard InChI is InChI=1S/C25H44O4.Na/c1-2-3-4-5-6-7-8-9-10-11-12-13-14-15-18-21-29-25(28)23-20-17-16-19-22(23)24(26)27;/h5-6,22-23H,2-4,7-21H2,1H3,(H,26,27);/q;+1/p-1/b6-5+;. The molecule has 1 aliphatic rings. The zero-order chi connectivity index (χ0) is 21.2. The maximum absolute atomic E-state index is 12.1. The van der Waals surface area contributed by atoms with Crippen LogP contribution in [-0.4, -0.2) is 18.5 Å². The third-order valence-corrected chi connectivity index (χ3v) is 6.02. The molecule has 0 amide bonds. The fourth-order valence-electron chi connectivity index (χ4n) is 4.13. The summed E-state index contributed by atoms with van der Waals surface area (Å²) >= 11 is 0. The molecule has 0 bridgehead atoms. The van der Waals surface area contributed by atoms with E-state index in [0.717, 1.165) is 25.7 Å². The van der Waals surface area contributed by atoms with Crippen LogP contribution in [0.15, 0.2) is 12.2 Å². The van der Waals surface area contributed by atoms with E-state index in [1.54, 1.807) is 0 Å². The number of aliphatic carboxylic acids is 1. The number of esters is 1. The van der Waals surface area contributed by atoms with Crippen molar-refractivity contribution in [1.82, 2.24) is 0 Å². The predicted molar refractivity (Wildman–Crippen MR) is 116 cm³/mol. The van der Waals surface area contributed by atoms with Gasteiger partial charge < -0.3 is 14.6 Å².